The van der Waals surface area contributed by atoms with Gasteiger partial charge in [0.2, 0.25) is 0 Å². The average molecular weight is 242 g/mol. The van der Waals surface area contributed by atoms with E-state index in [1.165, 1.54) is 0 Å². The molecule has 1 rings (SSSR count). The zero-order valence-corrected chi connectivity index (χ0v) is 9.97. The summed E-state index contributed by atoms with van der Waals surface area (Å²) in [7, 11) is 0. The van der Waals surface area contributed by atoms with Crippen molar-refractivity contribution in [3.63, 3.8) is 0 Å². The molecular formula is C11H16ClN3O. The minimum Gasteiger partial charge on any atom is -0.398 e. The molecule has 0 atom stereocenters. The van der Waals surface area contributed by atoms with E-state index in [0.717, 1.165) is 12.8 Å². The minimum atomic E-state index is -0.228. The number of unbranched alkanes of at least 4 members (excludes halogenated alkanes) is 1. The van der Waals surface area contributed by atoms with Gasteiger partial charge < -0.3 is 16.4 Å². The zero-order valence-electron chi connectivity index (χ0n) is 9.22. The number of halogens is 1. The number of carbonyl (C=O) groups is 1. The van der Waals surface area contributed by atoms with E-state index in [4.69, 9.17) is 17.3 Å². The van der Waals surface area contributed by atoms with Crippen LogP contribution in [0.4, 0.5) is 16.2 Å². The molecule has 0 aliphatic rings. The van der Waals surface area contributed by atoms with Crippen LogP contribution in [0.5, 0.6) is 0 Å². The van der Waals surface area contributed by atoms with Crippen LogP contribution in [-0.4, -0.2) is 12.6 Å². The van der Waals surface area contributed by atoms with Crippen LogP contribution in [0.3, 0.4) is 0 Å². The molecule has 0 saturated heterocycles. The minimum absolute atomic E-state index is 0.228. The SMILES string of the molecule is CCCCNC(=O)Nc1ccc(N)c(Cl)c1. The molecule has 0 aliphatic carbocycles. The maximum atomic E-state index is 11.4. The van der Waals surface area contributed by atoms with Crippen molar-refractivity contribution in [1.82, 2.24) is 5.32 Å². The Morgan fingerprint density at radius 2 is 2.25 bits per heavy atom. The fraction of sp³-hybridized carbons (Fsp3) is 0.364. The Balaban J connectivity index is 2.46. The molecule has 0 aromatic heterocycles. The fourth-order valence-electron chi connectivity index (χ4n) is 1.16. The fourth-order valence-corrected chi connectivity index (χ4v) is 1.34. The molecule has 0 heterocycles. The molecule has 0 fully saturated rings. The predicted molar refractivity (Wildman–Crippen MR) is 67.8 cm³/mol. The standard InChI is InChI=1S/C11H16ClN3O/c1-2-3-6-14-11(16)15-8-4-5-10(13)9(12)7-8/h4-5,7H,2-3,6,13H2,1H3,(H2,14,15,16). The van der Waals surface area contributed by atoms with Crippen molar-refractivity contribution in [2.45, 2.75) is 19.8 Å². The number of carbonyl (C=O) groups excluding carboxylic acids is 1. The van der Waals surface area contributed by atoms with Crippen molar-refractivity contribution >= 4 is 29.0 Å². The van der Waals surface area contributed by atoms with Gasteiger partial charge in [0.15, 0.2) is 0 Å². The predicted octanol–water partition coefficient (Wildman–Crippen LogP) is 2.84. The van der Waals surface area contributed by atoms with Crippen molar-refractivity contribution in [3.8, 4) is 0 Å². The summed E-state index contributed by atoms with van der Waals surface area (Å²) in [6.45, 7) is 2.74. The van der Waals surface area contributed by atoms with E-state index in [-0.39, 0.29) is 6.03 Å². The van der Waals surface area contributed by atoms with E-state index in [9.17, 15) is 4.79 Å². The lowest BCUT2D eigenvalue weighted by molar-refractivity contribution is 0.252. The summed E-state index contributed by atoms with van der Waals surface area (Å²) in [4.78, 5) is 11.4. The van der Waals surface area contributed by atoms with Gasteiger partial charge in [-0.15, -0.1) is 0 Å². The van der Waals surface area contributed by atoms with E-state index < -0.39 is 0 Å². The third-order valence-corrected chi connectivity index (χ3v) is 2.40. The molecule has 1 aromatic carbocycles. The number of amides is 2. The molecule has 5 heteroatoms. The Labute approximate surface area is 100 Å². The van der Waals surface area contributed by atoms with Gasteiger partial charge in [-0.1, -0.05) is 24.9 Å². The van der Waals surface area contributed by atoms with E-state index in [0.29, 0.717) is 22.9 Å². The molecule has 0 bridgehead atoms. The highest BCUT2D eigenvalue weighted by molar-refractivity contribution is 6.33. The van der Waals surface area contributed by atoms with Crippen LogP contribution in [-0.2, 0) is 0 Å². The van der Waals surface area contributed by atoms with E-state index in [2.05, 4.69) is 17.6 Å². The quantitative estimate of drug-likeness (QED) is 0.561. The first kappa shape index (κ1) is 12.6. The number of nitrogens with two attached hydrogens (primary N) is 1. The molecule has 0 radical (unpaired) electrons. The second kappa shape index (κ2) is 6.23. The first-order valence-electron chi connectivity index (χ1n) is 5.23. The third kappa shape index (κ3) is 3.98. The van der Waals surface area contributed by atoms with Gasteiger partial charge in [0.05, 0.1) is 10.7 Å². The van der Waals surface area contributed by atoms with Gasteiger partial charge >= 0.3 is 6.03 Å². The maximum Gasteiger partial charge on any atom is 0.319 e. The van der Waals surface area contributed by atoms with Gasteiger partial charge in [-0.05, 0) is 24.6 Å². The number of urea groups is 1. The van der Waals surface area contributed by atoms with Crippen molar-refractivity contribution in [3.05, 3.63) is 23.2 Å². The number of nitrogens with one attached hydrogen (secondary N) is 2. The molecule has 0 aliphatic heterocycles. The Kier molecular flexibility index (Phi) is 4.92. The van der Waals surface area contributed by atoms with Crippen LogP contribution in [0.1, 0.15) is 19.8 Å². The second-order valence-electron chi connectivity index (χ2n) is 3.47. The summed E-state index contributed by atoms with van der Waals surface area (Å²) in [6.07, 6.45) is 2.02. The van der Waals surface area contributed by atoms with Crippen molar-refractivity contribution in [2.75, 3.05) is 17.6 Å². The smallest absolute Gasteiger partial charge is 0.319 e. The number of nitrogen functional groups attached to an aromatic ring is 1. The van der Waals surface area contributed by atoms with Crippen LogP contribution in [0.2, 0.25) is 5.02 Å². The summed E-state index contributed by atoms with van der Waals surface area (Å²) >= 11 is 5.83. The van der Waals surface area contributed by atoms with E-state index in [1.54, 1.807) is 18.2 Å². The summed E-state index contributed by atoms with van der Waals surface area (Å²) in [5, 5.41) is 5.86. The van der Waals surface area contributed by atoms with Gasteiger partial charge in [-0.25, -0.2) is 4.79 Å². The first-order chi connectivity index (χ1) is 7.63. The highest BCUT2D eigenvalue weighted by Crippen LogP contribution is 2.22. The Hall–Kier alpha value is -1.42. The number of rotatable bonds is 4. The molecule has 88 valence electrons. The van der Waals surface area contributed by atoms with Crippen molar-refractivity contribution < 1.29 is 4.79 Å². The lowest BCUT2D eigenvalue weighted by Gasteiger charge is -2.08. The van der Waals surface area contributed by atoms with Crippen LogP contribution >= 0.6 is 11.6 Å². The lowest BCUT2D eigenvalue weighted by Crippen LogP contribution is -2.29. The summed E-state index contributed by atoms with van der Waals surface area (Å²) < 4.78 is 0. The molecule has 1 aromatic rings. The van der Waals surface area contributed by atoms with Gasteiger partial charge in [-0.2, -0.15) is 0 Å². The third-order valence-electron chi connectivity index (χ3n) is 2.07. The molecular weight excluding hydrogens is 226 g/mol. The van der Waals surface area contributed by atoms with Crippen LogP contribution < -0.4 is 16.4 Å². The Morgan fingerprint density at radius 3 is 2.88 bits per heavy atom. The van der Waals surface area contributed by atoms with Crippen molar-refractivity contribution in [1.29, 1.82) is 0 Å². The number of hydrogen-bond donors (Lipinski definition) is 3. The Bertz CT molecular complexity index is 368. The van der Waals surface area contributed by atoms with Gasteiger partial charge in [0.25, 0.3) is 0 Å². The highest BCUT2D eigenvalue weighted by atomic mass is 35.5. The van der Waals surface area contributed by atoms with Gasteiger partial charge in [0.1, 0.15) is 0 Å². The molecule has 4 nitrogen and oxygen atoms in total. The van der Waals surface area contributed by atoms with Crippen LogP contribution in [0.15, 0.2) is 18.2 Å². The molecule has 0 saturated carbocycles. The number of benzene rings is 1. The summed E-state index contributed by atoms with van der Waals surface area (Å²) in [6, 6.07) is 4.76. The maximum absolute atomic E-state index is 11.4. The summed E-state index contributed by atoms with van der Waals surface area (Å²) in [5.74, 6) is 0. The normalized spacial score (nSPS) is 9.88. The van der Waals surface area contributed by atoms with Crippen LogP contribution in [0, 0.1) is 0 Å². The Morgan fingerprint density at radius 1 is 1.50 bits per heavy atom. The summed E-state index contributed by atoms with van der Waals surface area (Å²) in [5.41, 5.74) is 6.69. The highest BCUT2D eigenvalue weighted by Gasteiger charge is 2.02. The molecule has 0 spiro atoms. The molecule has 0 unspecified atom stereocenters. The van der Waals surface area contributed by atoms with Gasteiger partial charge in [0, 0.05) is 12.2 Å². The zero-order chi connectivity index (χ0) is 12.0. The molecule has 2 amide bonds. The topological polar surface area (TPSA) is 67.2 Å². The van der Waals surface area contributed by atoms with Gasteiger partial charge in [-0.3, -0.25) is 0 Å². The molecule has 16 heavy (non-hydrogen) atoms. The largest absolute Gasteiger partial charge is 0.398 e. The van der Waals surface area contributed by atoms with Crippen LogP contribution in [0.25, 0.3) is 0 Å². The van der Waals surface area contributed by atoms with E-state index >= 15 is 0 Å². The second-order valence-corrected chi connectivity index (χ2v) is 3.88. The number of anilines is 2. The monoisotopic (exact) mass is 241 g/mol. The molecule has 4 N–H and O–H groups in total. The van der Waals surface area contributed by atoms with E-state index in [1.807, 2.05) is 0 Å². The van der Waals surface area contributed by atoms with Crippen molar-refractivity contribution in [2.24, 2.45) is 0 Å². The first-order valence-corrected chi connectivity index (χ1v) is 5.61. The number of hydrogen-bond acceptors (Lipinski definition) is 2. The lowest BCUT2D eigenvalue weighted by atomic mass is 10.3. The average Bonchev–Trinajstić information content (AvgIpc) is 2.24.